The molecule has 0 saturated heterocycles. The molecule has 0 aliphatic carbocycles. The predicted octanol–water partition coefficient (Wildman–Crippen LogP) is 5.21. The third-order valence-electron chi connectivity index (χ3n) is 4.58. The van der Waals surface area contributed by atoms with Crippen molar-refractivity contribution < 1.29 is 22.8 Å². The Hall–Kier alpha value is -3.23. The summed E-state index contributed by atoms with van der Waals surface area (Å²) in [7, 11) is 1.72. The van der Waals surface area contributed by atoms with Crippen LogP contribution < -0.4 is 5.32 Å². The Morgan fingerprint density at radius 1 is 1.17 bits per heavy atom. The number of amides is 2. The van der Waals surface area contributed by atoms with Gasteiger partial charge in [0.1, 0.15) is 0 Å². The van der Waals surface area contributed by atoms with Crippen LogP contribution in [0.2, 0.25) is 0 Å². The number of alkyl halides is 3. The molecule has 158 valence electrons. The smallest absolute Gasteiger partial charge is 0.341 e. The highest BCUT2D eigenvalue weighted by molar-refractivity contribution is 6.03. The van der Waals surface area contributed by atoms with Gasteiger partial charge in [0.25, 0.3) is 11.8 Å². The Balaban J connectivity index is 1.78. The van der Waals surface area contributed by atoms with E-state index >= 15 is 0 Å². The summed E-state index contributed by atoms with van der Waals surface area (Å²) in [5, 5.41) is 10.2. The van der Waals surface area contributed by atoms with Gasteiger partial charge in [-0.2, -0.15) is 23.4 Å². The van der Waals surface area contributed by atoms with Crippen LogP contribution >= 0.6 is 0 Å². The third kappa shape index (κ3) is 4.50. The van der Waals surface area contributed by atoms with Crippen LogP contribution in [-0.2, 0) is 11.0 Å². The van der Waals surface area contributed by atoms with Gasteiger partial charge in [-0.3, -0.25) is 9.59 Å². The van der Waals surface area contributed by atoms with Crippen molar-refractivity contribution in [3.63, 3.8) is 0 Å². The molecule has 2 amide bonds. The van der Waals surface area contributed by atoms with Crippen LogP contribution in [-0.4, -0.2) is 30.3 Å². The Morgan fingerprint density at radius 2 is 1.83 bits per heavy atom. The molecule has 1 aliphatic rings. The van der Waals surface area contributed by atoms with Crippen LogP contribution in [0.3, 0.4) is 0 Å². The van der Waals surface area contributed by atoms with E-state index in [4.69, 9.17) is 0 Å². The number of hydrogen-bond acceptors (Lipinski definition) is 4. The lowest BCUT2D eigenvalue weighted by Gasteiger charge is -2.19. The van der Waals surface area contributed by atoms with E-state index in [-0.39, 0.29) is 17.2 Å². The van der Waals surface area contributed by atoms with Gasteiger partial charge in [-0.25, -0.2) is 0 Å². The summed E-state index contributed by atoms with van der Waals surface area (Å²) in [5.74, 6) is -0.464. The number of carbonyl (C=O) groups is 2. The lowest BCUT2D eigenvalue weighted by molar-refractivity contribution is -0.136. The number of carbonyl (C=O) groups excluding carboxylic acids is 2. The molecule has 2 aromatic rings. The van der Waals surface area contributed by atoms with Crippen molar-refractivity contribution in [1.29, 1.82) is 0 Å². The fourth-order valence-corrected chi connectivity index (χ4v) is 3.27. The maximum atomic E-state index is 13.1. The number of nitrogens with one attached hydrogen (secondary N) is 1. The molecule has 1 unspecified atom stereocenters. The Kier molecular flexibility index (Phi) is 5.91. The van der Waals surface area contributed by atoms with Crippen molar-refractivity contribution in [2.75, 3.05) is 18.9 Å². The molecule has 0 spiro atoms. The monoisotopic (exact) mass is 418 g/mol. The number of anilines is 1. The summed E-state index contributed by atoms with van der Waals surface area (Å²) in [5.41, 5.74) is -0.213. The van der Waals surface area contributed by atoms with E-state index in [2.05, 4.69) is 15.5 Å². The SMILES string of the molecule is CC(C)CN(C)C(=O)c1ccc(N=NC2C(=O)Nc3c2cccc3C(F)(F)F)cc1. The van der Waals surface area contributed by atoms with E-state index in [1.165, 1.54) is 12.1 Å². The number of halogens is 3. The first kappa shape index (κ1) is 21.5. The summed E-state index contributed by atoms with van der Waals surface area (Å²) < 4.78 is 39.4. The number of hydrogen-bond donors (Lipinski definition) is 1. The van der Waals surface area contributed by atoms with Gasteiger partial charge in [0.05, 0.1) is 16.9 Å². The molecule has 0 saturated carbocycles. The first-order valence-electron chi connectivity index (χ1n) is 9.35. The van der Waals surface area contributed by atoms with Crippen LogP contribution in [0.1, 0.15) is 41.4 Å². The molecule has 0 bridgehead atoms. The fraction of sp³-hybridized carbons (Fsp3) is 0.333. The number of rotatable bonds is 5. The normalized spacial score (nSPS) is 16.1. The second-order valence-corrected chi connectivity index (χ2v) is 7.50. The second kappa shape index (κ2) is 8.25. The number of para-hydroxylation sites is 1. The Morgan fingerprint density at radius 3 is 2.43 bits per heavy atom. The van der Waals surface area contributed by atoms with Crippen LogP contribution in [0, 0.1) is 5.92 Å². The minimum Gasteiger partial charge on any atom is -0.341 e. The van der Waals surface area contributed by atoms with Crippen molar-refractivity contribution in [1.82, 2.24) is 4.90 Å². The third-order valence-corrected chi connectivity index (χ3v) is 4.58. The molecule has 2 aromatic carbocycles. The van der Waals surface area contributed by atoms with Crippen LogP contribution in [0.5, 0.6) is 0 Å². The average Bonchev–Trinajstić information content (AvgIpc) is 2.99. The molecule has 1 heterocycles. The topological polar surface area (TPSA) is 74.1 Å². The molecule has 0 radical (unpaired) electrons. The van der Waals surface area contributed by atoms with Gasteiger partial charge < -0.3 is 10.2 Å². The maximum Gasteiger partial charge on any atom is 0.418 e. The number of nitrogens with zero attached hydrogens (tertiary/aromatic N) is 3. The van der Waals surface area contributed by atoms with Crippen LogP contribution in [0.4, 0.5) is 24.5 Å². The molecule has 6 nitrogen and oxygen atoms in total. The molecular formula is C21H21F3N4O2. The lowest BCUT2D eigenvalue weighted by Crippen LogP contribution is -2.30. The quantitative estimate of drug-likeness (QED) is 0.677. The van der Waals surface area contributed by atoms with Crippen molar-refractivity contribution in [3.8, 4) is 0 Å². The molecule has 0 fully saturated rings. The second-order valence-electron chi connectivity index (χ2n) is 7.50. The van der Waals surface area contributed by atoms with E-state index in [1.807, 2.05) is 13.8 Å². The Bertz CT molecular complexity index is 985. The lowest BCUT2D eigenvalue weighted by atomic mass is 10.0. The molecule has 1 atom stereocenters. The van der Waals surface area contributed by atoms with E-state index in [0.717, 1.165) is 6.07 Å². The first-order chi connectivity index (χ1) is 14.1. The summed E-state index contributed by atoms with van der Waals surface area (Å²) in [6.07, 6.45) is -4.59. The standard InChI is InChI=1S/C21H21F3N4O2/c1-12(2)11-28(3)20(30)13-7-9-14(10-8-13)26-27-18-15-5-4-6-16(21(22,23)24)17(15)25-19(18)29/h4-10,12,18H,11H2,1-3H3,(H,25,29). The van der Waals surface area contributed by atoms with Crippen molar-refractivity contribution >= 4 is 23.2 Å². The molecule has 3 rings (SSSR count). The Labute approximate surface area is 171 Å². The highest BCUT2D eigenvalue weighted by Gasteiger charge is 2.40. The first-order valence-corrected chi connectivity index (χ1v) is 9.35. The van der Waals surface area contributed by atoms with Gasteiger partial charge >= 0.3 is 6.18 Å². The van der Waals surface area contributed by atoms with Crippen LogP contribution in [0.25, 0.3) is 0 Å². The maximum absolute atomic E-state index is 13.1. The van der Waals surface area contributed by atoms with E-state index in [1.54, 1.807) is 36.2 Å². The largest absolute Gasteiger partial charge is 0.418 e. The summed E-state index contributed by atoms with van der Waals surface area (Å²) in [4.78, 5) is 26.2. The van der Waals surface area contributed by atoms with Gasteiger partial charge in [-0.1, -0.05) is 26.0 Å². The molecule has 0 aromatic heterocycles. The zero-order valence-electron chi connectivity index (χ0n) is 16.7. The molecule has 30 heavy (non-hydrogen) atoms. The fourth-order valence-electron chi connectivity index (χ4n) is 3.27. The number of azo groups is 1. The van der Waals surface area contributed by atoms with E-state index < -0.39 is 23.7 Å². The minimum absolute atomic E-state index is 0.126. The van der Waals surface area contributed by atoms with Crippen molar-refractivity contribution in [3.05, 3.63) is 59.2 Å². The van der Waals surface area contributed by atoms with Crippen LogP contribution in [0.15, 0.2) is 52.7 Å². The molecule has 1 aliphatic heterocycles. The van der Waals surface area contributed by atoms with Gasteiger partial charge in [-0.05, 0) is 36.2 Å². The van der Waals surface area contributed by atoms with Gasteiger partial charge in [0.15, 0.2) is 6.04 Å². The number of benzene rings is 2. The zero-order valence-corrected chi connectivity index (χ0v) is 16.7. The van der Waals surface area contributed by atoms with Crippen molar-refractivity contribution in [2.24, 2.45) is 16.1 Å². The molecule has 9 heteroatoms. The summed E-state index contributed by atoms with van der Waals surface area (Å²) in [6, 6.07) is 8.72. The predicted molar refractivity (Wildman–Crippen MR) is 106 cm³/mol. The highest BCUT2D eigenvalue weighted by Crippen LogP contribution is 2.43. The summed E-state index contributed by atoms with van der Waals surface area (Å²) >= 11 is 0. The van der Waals surface area contributed by atoms with Gasteiger partial charge in [-0.15, -0.1) is 0 Å². The van der Waals surface area contributed by atoms with Gasteiger partial charge in [0.2, 0.25) is 0 Å². The van der Waals surface area contributed by atoms with Gasteiger partial charge in [0, 0.05) is 24.7 Å². The van der Waals surface area contributed by atoms with E-state index in [9.17, 15) is 22.8 Å². The van der Waals surface area contributed by atoms with E-state index in [0.29, 0.717) is 23.7 Å². The molecular weight excluding hydrogens is 397 g/mol. The molecule has 1 N–H and O–H groups in total. The zero-order chi connectivity index (χ0) is 22.1. The highest BCUT2D eigenvalue weighted by atomic mass is 19.4. The summed E-state index contributed by atoms with van der Waals surface area (Å²) in [6.45, 7) is 4.65. The van der Waals surface area contributed by atoms with Crippen molar-refractivity contribution in [2.45, 2.75) is 26.1 Å². The minimum atomic E-state index is -4.59. The number of fused-ring (bicyclic) bond motifs is 1. The average molecular weight is 418 g/mol.